The molecule has 0 spiro atoms. The summed E-state index contributed by atoms with van der Waals surface area (Å²) in [5.74, 6) is -1.38. The van der Waals surface area contributed by atoms with Gasteiger partial charge in [-0.05, 0) is 48.7 Å². The Morgan fingerprint density at radius 3 is 2.33 bits per heavy atom. The smallest absolute Gasteiger partial charge is 0.269 e. The van der Waals surface area contributed by atoms with Crippen molar-refractivity contribution in [2.75, 3.05) is 6.54 Å². The SMILES string of the molecule is CCC(C)NC(=O)C(Cc1ccccc1)N(Cc1cccc(Br)c1)C(=O)CCN1C(=O)c2ccccc2S1(=O)=O. The van der Waals surface area contributed by atoms with Crippen LogP contribution in [0.5, 0.6) is 0 Å². The van der Waals surface area contributed by atoms with Crippen LogP contribution in [0.1, 0.15) is 48.2 Å². The Balaban J connectivity index is 1.64. The number of hydrogen-bond donors (Lipinski definition) is 1. The molecule has 8 nitrogen and oxygen atoms in total. The molecule has 3 aromatic carbocycles. The van der Waals surface area contributed by atoms with Crippen LogP contribution in [0.4, 0.5) is 0 Å². The number of rotatable bonds is 11. The van der Waals surface area contributed by atoms with E-state index in [1.165, 1.54) is 17.0 Å². The number of hydrogen-bond acceptors (Lipinski definition) is 5. The molecule has 1 heterocycles. The number of carbonyl (C=O) groups excluding carboxylic acids is 3. The summed E-state index contributed by atoms with van der Waals surface area (Å²) in [5.41, 5.74) is 1.77. The van der Waals surface area contributed by atoms with Gasteiger partial charge < -0.3 is 10.2 Å². The summed E-state index contributed by atoms with van der Waals surface area (Å²) < 4.78 is 27.7. The number of carbonyl (C=O) groups is 3. The predicted octanol–water partition coefficient (Wildman–Crippen LogP) is 4.54. The van der Waals surface area contributed by atoms with Gasteiger partial charge in [-0.2, -0.15) is 0 Å². The van der Waals surface area contributed by atoms with Crippen molar-refractivity contribution in [3.63, 3.8) is 0 Å². The van der Waals surface area contributed by atoms with Crippen LogP contribution >= 0.6 is 15.9 Å². The van der Waals surface area contributed by atoms with E-state index in [1.54, 1.807) is 12.1 Å². The normalized spacial score (nSPS) is 15.3. The van der Waals surface area contributed by atoms with Gasteiger partial charge in [0.25, 0.3) is 15.9 Å². The van der Waals surface area contributed by atoms with Gasteiger partial charge in [-0.1, -0.05) is 77.5 Å². The van der Waals surface area contributed by atoms with E-state index in [0.29, 0.717) is 0 Å². The molecule has 0 saturated carbocycles. The minimum absolute atomic E-state index is 0.0617. The quantitative estimate of drug-likeness (QED) is 0.337. The van der Waals surface area contributed by atoms with Gasteiger partial charge in [0.1, 0.15) is 10.9 Å². The van der Waals surface area contributed by atoms with E-state index in [9.17, 15) is 22.8 Å². The lowest BCUT2D eigenvalue weighted by atomic mass is 10.0. The zero-order valence-corrected chi connectivity index (χ0v) is 24.8. The fourth-order valence-corrected chi connectivity index (χ4v) is 6.64. The molecule has 10 heteroatoms. The summed E-state index contributed by atoms with van der Waals surface area (Å²) >= 11 is 3.47. The van der Waals surface area contributed by atoms with Crippen molar-refractivity contribution in [1.82, 2.24) is 14.5 Å². The number of nitrogens with one attached hydrogen (secondary N) is 1. The van der Waals surface area contributed by atoms with Crippen molar-refractivity contribution < 1.29 is 22.8 Å². The van der Waals surface area contributed by atoms with Crippen LogP contribution in [0.2, 0.25) is 0 Å². The standard InChI is InChI=1S/C30H32BrN3O5S/c1-3-21(2)32-29(36)26(19-22-10-5-4-6-11-22)33(20-23-12-9-13-24(31)18-23)28(35)16-17-34-30(37)25-14-7-8-15-27(25)40(34,38)39/h4-15,18,21,26H,3,16-17,19-20H2,1-2H3,(H,32,36). The van der Waals surface area contributed by atoms with E-state index in [1.807, 2.05) is 68.4 Å². The summed E-state index contributed by atoms with van der Waals surface area (Å²) in [6, 6.07) is 21.9. The molecular weight excluding hydrogens is 594 g/mol. The molecule has 0 saturated heterocycles. The average molecular weight is 627 g/mol. The number of benzene rings is 3. The van der Waals surface area contributed by atoms with Crippen LogP contribution in [-0.2, 0) is 32.6 Å². The molecule has 3 aromatic rings. The van der Waals surface area contributed by atoms with Crippen LogP contribution < -0.4 is 5.32 Å². The third-order valence-corrected chi connectivity index (χ3v) is 9.29. The maximum atomic E-state index is 13.9. The number of fused-ring (bicyclic) bond motifs is 1. The molecule has 0 aliphatic carbocycles. The molecule has 210 valence electrons. The molecule has 0 fully saturated rings. The van der Waals surface area contributed by atoms with Crippen molar-refractivity contribution in [2.45, 2.75) is 56.6 Å². The first-order valence-corrected chi connectivity index (χ1v) is 15.4. The topological polar surface area (TPSA) is 104 Å². The van der Waals surface area contributed by atoms with Crippen molar-refractivity contribution in [3.05, 3.63) is 100 Å². The average Bonchev–Trinajstić information content (AvgIpc) is 3.14. The molecule has 0 radical (unpaired) electrons. The molecule has 1 N–H and O–H groups in total. The first-order chi connectivity index (χ1) is 19.1. The fraction of sp³-hybridized carbons (Fsp3) is 0.300. The molecule has 0 aromatic heterocycles. The highest BCUT2D eigenvalue weighted by atomic mass is 79.9. The Labute approximate surface area is 243 Å². The third kappa shape index (κ3) is 6.62. The Kier molecular flexibility index (Phi) is 9.42. The Bertz CT molecular complexity index is 1500. The van der Waals surface area contributed by atoms with Gasteiger partial charge in [0, 0.05) is 36.4 Å². The Hall–Kier alpha value is -3.50. The summed E-state index contributed by atoms with van der Waals surface area (Å²) in [7, 11) is -4.06. The van der Waals surface area contributed by atoms with Crippen LogP contribution in [0.3, 0.4) is 0 Å². The Morgan fingerprint density at radius 1 is 0.975 bits per heavy atom. The summed E-state index contributed by atoms with van der Waals surface area (Å²) in [5, 5.41) is 3.01. The van der Waals surface area contributed by atoms with E-state index >= 15 is 0 Å². The van der Waals surface area contributed by atoms with E-state index in [4.69, 9.17) is 0 Å². The van der Waals surface area contributed by atoms with Gasteiger partial charge in [-0.15, -0.1) is 0 Å². The predicted molar refractivity (Wildman–Crippen MR) is 156 cm³/mol. The second-order valence-electron chi connectivity index (χ2n) is 9.80. The highest BCUT2D eigenvalue weighted by Gasteiger charge is 2.41. The molecular formula is C30H32BrN3O5S. The number of halogens is 1. The minimum atomic E-state index is -4.06. The highest BCUT2D eigenvalue weighted by Crippen LogP contribution is 2.30. The summed E-state index contributed by atoms with van der Waals surface area (Å²) in [6.45, 7) is 3.67. The second kappa shape index (κ2) is 12.8. The lowest BCUT2D eigenvalue weighted by Crippen LogP contribution is -2.52. The van der Waals surface area contributed by atoms with Gasteiger partial charge in [-0.3, -0.25) is 14.4 Å². The molecule has 1 aliphatic rings. The van der Waals surface area contributed by atoms with Gasteiger partial charge in [0.05, 0.1) is 5.56 Å². The molecule has 0 bridgehead atoms. The van der Waals surface area contributed by atoms with Crippen LogP contribution in [-0.4, -0.2) is 54.0 Å². The van der Waals surface area contributed by atoms with Gasteiger partial charge >= 0.3 is 0 Å². The van der Waals surface area contributed by atoms with Crippen molar-refractivity contribution in [1.29, 1.82) is 0 Å². The lowest BCUT2D eigenvalue weighted by Gasteiger charge is -2.33. The second-order valence-corrected chi connectivity index (χ2v) is 12.5. The first-order valence-electron chi connectivity index (χ1n) is 13.2. The molecule has 4 rings (SSSR count). The van der Waals surface area contributed by atoms with Crippen LogP contribution in [0, 0.1) is 0 Å². The summed E-state index contributed by atoms with van der Waals surface area (Å²) in [6.07, 6.45) is 0.725. The largest absolute Gasteiger partial charge is 0.352 e. The first kappa shape index (κ1) is 29.5. The van der Waals surface area contributed by atoms with E-state index in [-0.39, 0.29) is 48.3 Å². The van der Waals surface area contributed by atoms with Crippen molar-refractivity contribution >= 4 is 43.7 Å². The van der Waals surface area contributed by atoms with Gasteiger partial charge in [-0.25, -0.2) is 12.7 Å². The van der Waals surface area contributed by atoms with E-state index in [2.05, 4.69) is 21.2 Å². The number of sulfonamides is 1. The molecule has 2 unspecified atom stereocenters. The maximum absolute atomic E-state index is 13.9. The zero-order valence-electron chi connectivity index (χ0n) is 22.4. The van der Waals surface area contributed by atoms with Gasteiger partial charge in [0.15, 0.2) is 0 Å². The monoisotopic (exact) mass is 625 g/mol. The molecule has 3 amide bonds. The maximum Gasteiger partial charge on any atom is 0.269 e. The van der Waals surface area contributed by atoms with Crippen molar-refractivity contribution in [2.24, 2.45) is 0 Å². The molecule has 1 aliphatic heterocycles. The number of nitrogens with zero attached hydrogens (tertiary/aromatic N) is 2. The Morgan fingerprint density at radius 2 is 1.65 bits per heavy atom. The molecule has 40 heavy (non-hydrogen) atoms. The fourth-order valence-electron chi connectivity index (χ4n) is 4.62. The zero-order chi connectivity index (χ0) is 28.9. The van der Waals surface area contributed by atoms with Crippen LogP contribution in [0.25, 0.3) is 0 Å². The lowest BCUT2D eigenvalue weighted by molar-refractivity contribution is -0.141. The van der Waals surface area contributed by atoms with E-state index < -0.39 is 27.9 Å². The van der Waals surface area contributed by atoms with Crippen molar-refractivity contribution in [3.8, 4) is 0 Å². The molecule has 2 atom stereocenters. The van der Waals surface area contributed by atoms with E-state index in [0.717, 1.165) is 26.3 Å². The summed E-state index contributed by atoms with van der Waals surface area (Å²) in [4.78, 5) is 41.8. The third-order valence-electron chi connectivity index (χ3n) is 6.95. The minimum Gasteiger partial charge on any atom is -0.352 e. The van der Waals surface area contributed by atoms with Gasteiger partial charge in [0.2, 0.25) is 11.8 Å². The highest BCUT2D eigenvalue weighted by molar-refractivity contribution is 9.10. The number of amides is 3. The van der Waals surface area contributed by atoms with Crippen LogP contribution in [0.15, 0.2) is 88.2 Å².